The first-order valence-electron chi connectivity index (χ1n) is 4.33. The topological polar surface area (TPSA) is 61.0 Å². The Morgan fingerprint density at radius 2 is 2.43 bits per heavy atom. The van der Waals surface area contributed by atoms with Crippen molar-refractivity contribution in [1.29, 1.82) is 0 Å². The maximum atomic E-state index is 5.50. The molecule has 0 amide bonds. The van der Waals surface area contributed by atoms with Crippen LogP contribution in [-0.4, -0.2) is 23.6 Å². The van der Waals surface area contributed by atoms with Gasteiger partial charge >= 0.3 is 0 Å². The maximum Gasteiger partial charge on any atom is 0.274 e. The average molecular weight is 209 g/mol. The molecule has 5 heteroatoms. The van der Waals surface area contributed by atoms with Gasteiger partial charge in [0, 0.05) is 12.6 Å². The van der Waals surface area contributed by atoms with Gasteiger partial charge in [-0.05, 0) is 12.6 Å². The monoisotopic (exact) mass is 209 g/mol. The number of ether oxygens (including phenoxy) is 1. The Kier molecular flexibility index (Phi) is 2.60. The van der Waals surface area contributed by atoms with Crippen molar-refractivity contribution in [3.8, 4) is 5.19 Å². The number of hydrogen-bond donors (Lipinski definition) is 1. The molecule has 0 bridgehead atoms. The minimum atomic E-state index is 0.589. The van der Waals surface area contributed by atoms with E-state index in [2.05, 4.69) is 9.97 Å². The van der Waals surface area contributed by atoms with Crippen LogP contribution in [0.25, 0.3) is 10.2 Å². The van der Waals surface area contributed by atoms with E-state index in [9.17, 15) is 0 Å². The van der Waals surface area contributed by atoms with E-state index in [1.165, 1.54) is 11.3 Å². The summed E-state index contributed by atoms with van der Waals surface area (Å²) in [6.45, 7) is 0.589. The van der Waals surface area contributed by atoms with E-state index >= 15 is 0 Å². The maximum absolute atomic E-state index is 5.50. The van der Waals surface area contributed by atoms with Crippen LogP contribution in [0.4, 0.5) is 0 Å². The first-order chi connectivity index (χ1) is 6.85. The average Bonchev–Trinajstić information content (AvgIpc) is 2.62. The third-order valence-electron chi connectivity index (χ3n) is 1.92. The van der Waals surface area contributed by atoms with Crippen molar-refractivity contribution in [2.45, 2.75) is 6.42 Å². The second kappa shape index (κ2) is 3.89. The van der Waals surface area contributed by atoms with Crippen LogP contribution in [0.3, 0.4) is 0 Å². The van der Waals surface area contributed by atoms with Gasteiger partial charge in [0.25, 0.3) is 5.19 Å². The second-order valence-electron chi connectivity index (χ2n) is 2.83. The van der Waals surface area contributed by atoms with Gasteiger partial charge in [-0.1, -0.05) is 11.3 Å². The zero-order valence-electron chi connectivity index (χ0n) is 7.86. The van der Waals surface area contributed by atoms with E-state index in [0.717, 1.165) is 22.3 Å². The molecule has 0 unspecified atom stereocenters. The van der Waals surface area contributed by atoms with E-state index in [1.807, 2.05) is 6.07 Å². The summed E-state index contributed by atoms with van der Waals surface area (Å²) in [5, 5.41) is 0.672. The van der Waals surface area contributed by atoms with Gasteiger partial charge in [0.05, 0.1) is 17.5 Å². The third-order valence-corrected chi connectivity index (χ3v) is 2.90. The summed E-state index contributed by atoms with van der Waals surface area (Å²) in [6, 6.07) is 1.94. The highest BCUT2D eigenvalue weighted by Gasteiger charge is 2.08. The second-order valence-corrected chi connectivity index (χ2v) is 3.82. The van der Waals surface area contributed by atoms with Crippen LogP contribution in [0.5, 0.6) is 5.19 Å². The van der Waals surface area contributed by atoms with Crippen LogP contribution in [0, 0.1) is 0 Å². The van der Waals surface area contributed by atoms with Gasteiger partial charge in [-0.25, -0.2) is 4.98 Å². The molecule has 0 aromatic carbocycles. The highest BCUT2D eigenvalue weighted by Crippen LogP contribution is 2.28. The summed E-state index contributed by atoms with van der Waals surface area (Å²) in [5.41, 5.74) is 7.36. The predicted octanol–water partition coefficient (Wildman–Crippen LogP) is 1.20. The molecule has 2 aromatic heterocycles. The number of aromatic nitrogens is 2. The van der Waals surface area contributed by atoms with Crippen molar-refractivity contribution >= 4 is 21.6 Å². The summed E-state index contributed by atoms with van der Waals surface area (Å²) in [5.74, 6) is 0. The van der Waals surface area contributed by atoms with Crippen LogP contribution < -0.4 is 10.5 Å². The van der Waals surface area contributed by atoms with Gasteiger partial charge in [-0.15, -0.1) is 0 Å². The van der Waals surface area contributed by atoms with Crippen LogP contribution >= 0.6 is 11.3 Å². The Morgan fingerprint density at radius 1 is 1.57 bits per heavy atom. The molecular weight excluding hydrogens is 198 g/mol. The third kappa shape index (κ3) is 1.56. The fourth-order valence-corrected chi connectivity index (χ4v) is 2.09. The SMILES string of the molecule is COc1nc2c(CCN)nccc2s1. The van der Waals surface area contributed by atoms with Crippen LogP contribution in [0.15, 0.2) is 12.3 Å². The summed E-state index contributed by atoms with van der Waals surface area (Å²) < 4.78 is 6.18. The van der Waals surface area contributed by atoms with Crippen LogP contribution in [0.1, 0.15) is 5.69 Å². The number of nitrogens with zero attached hydrogens (tertiary/aromatic N) is 2. The Bertz CT molecular complexity index is 441. The highest BCUT2D eigenvalue weighted by molar-refractivity contribution is 7.20. The molecule has 2 rings (SSSR count). The standard InChI is InChI=1S/C9H11N3OS/c1-13-9-12-8-6(2-4-10)11-5-3-7(8)14-9/h3,5H,2,4,10H2,1H3. The fourth-order valence-electron chi connectivity index (χ4n) is 1.29. The molecule has 0 aliphatic carbocycles. The number of pyridine rings is 1. The van der Waals surface area contributed by atoms with Crippen molar-refractivity contribution < 1.29 is 4.74 Å². The number of rotatable bonds is 3. The minimum absolute atomic E-state index is 0.589. The summed E-state index contributed by atoms with van der Waals surface area (Å²) in [6.07, 6.45) is 2.54. The van der Waals surface area contributed by atoms with Gasteiger partial charge in [-0.2, -0.15) is 0 Å². The number of hydrogen-bond acceptors (Lipinski definition) is 5. The van der Waals surface area contributed by atoms with Crippen molar-refractivity contribution in [3.63, 3.8) is 0 Å². The highest BCUT2D eigenvalue weighted by atomic mass is 32.1. The van der Waals surface area contributed by atoms with Gasteiger partial charge in [0.2, 0.25) is 0 Å². The van der Waals surface area contributed by atoms with Gasteiger partial charge < -0.3 is 10.5 Å². The van der Waals surface area contributed by atoms with Crippen molar-refractivity contribution in [1.82, 2.24) is 9.97 Å². The van der Waals surface area contributed by atoms with Crippen LogP contribution in [0.2, 0.25) is 0 Å². The lowest BCUT2D eigenvalue weighted by Crippen LogP contribution is -2.04. The molecule has 0 aliphatic rings. The summed E-state index contributed by atoms with van der Waals surface area (Å²) in [7, 11) is 1.62. The molecule has 2 aromatic rings. The first-order valence-corrected chi connectivity index (χ1v) is 5.15. The number of thiazole rings is 1. The Labute approximate surface area is 85.7 Å². The molecule has 0 saturated heterocycles. The van der Waals surface area contributed by atoms with Crippen molar-refractivity contribution in [2.75, 3.05) is 13.7 Å². The van der Waals surface area contributed by atoms with E-state index in [0.29, 0.717) is 11.7 Å². The molecule has 0 fully saturated rings. The van der Waals surface area contributed by atoms with E-state index < -0.39 is 0 Å². The Hall–Kier alpha value is -1.20. The lowest BCUT2D eigenvalue weighted by molar-refractivity contribution is 0.413. The molecule has 2 N–H and O–H groups in total. The van der Waals surface area contributed by atoms with Gasteiger partial charge in [0.15, 0.2) is 0 Å². The van der Waals surface area contributed by atoms with E-state index in [-0.39, 0.29) is 0 Å². The summed E-state index contributed by atoms with van der Waals surface area (Å²) >= 11 is 1.52. The largest absolute Gasteiger partial charge is 0.473 e. The van der Waals surface area contributed by atoms with Crippen molar-refractivity contribution in [3.05, 3.63) is 18.0 Å². The van der Waals surface area contributed by atoms with E-state index in [1.54, 1.807) is 13.3 Å². The smallest absolute Gasteiger partial charge is 0.274 e. The molecule has 4 nitrogen and oxygen atoms in total. The minimum Gasteiger partial charge on any atom is -0.473 e. The molecule has 0 radical (unpaired) electrons. The lowest BCUT2D eigenvalue weighted by Gasteiger charge is -1.96. The molecule has 0 saturated carbocycles. The number of fused-ring (bicyclic) bond motifs is 1. The normalized spacial score (nSPS) is 10.7. The number of methoxy groups -OCH3 is 1. The van der Waals surface area contributed by atoms with Gasteiger partial charge in [-0.3, -0.25) is 4.98 Å². The van der Waals surface area contributed by atoms with E-state index in [4.69, 9.17) is 10.5 Å². The van der Waals surface area contributed by atoms with Crippen LogP contribution in [-0.2, 0) is 6.42 Å². The Balaban J connectivity index is 2.55. The Morgan fingerprint density at radius 3 is 3.14 bits per heavy atom. The quantitative estimate of drug-likeness (QED) is 0.825. The summed E-state index contributed by atoms with van der Waals surface area (Å²) in [4.78, 5) is 8.58. The zero-order valence-corrected chi connectivity index (χ0v) is 8.67. The molecular formula is C9H11N3OS. The molecule has 0 spiro atoms. The molecule has 14 heavy (non-hydrogen) atoms. The fraction of sp³-hybridized carbons (Fsp3) is 0.333. The first kappa shape index (κ1) is 9.36. The number of nitrogens with two attached hydrogens (primary N) is 1. The predicted molar refractivity (Wildman–Crippen MR) is 56.7 cm³/mol. The molecule has 0 aliphatic heterocycles. The molecule has 0 atom stereocenters. The van der Waals surface area contributed by atoms with Crippen molar-refractivity contribution in [2.24, 2.45) is 5.73 Å². The zero-order chi connectivity index (χ0) is 9.97. The van der Waals surface area contributed by atoms with Gasteiger partial charge in [0.1, 0.15) is 5.52 Å². The molecule has 2 heterocycles. The molecule has 74 valence electrons. The lowest BCUT2D eigenvalue weighted by atomic mass is 10.2.